The Bertz CT molecular complexity index is 647. The molecule has 1 rings (SSSR count). The van der Waals surface area contributed by atoms with E-state index in [0.29, 0.717) is 36.2 Å². The summed E-state index contributed by atoms with van der Waals surface area (Å²) >= 11 is 6.00. The Hall–Kier alpha value is -1.55. The fourth-order valence-corrected chi connectivity index (χ4v) is 2.27. The van der Waals surface area contributed by atoms with Crippen molar-refractivity contribution in [2.24, 2.45) is 4.99 Å². The fraction of sp³-hybridized carbons (Fsp3) is 0.500. The highest BCUT2D eigenvalue weighted by molar-refractivity contribution is 14.0. The van der Waals surface area contributed by atoms with Crippen molar-refractivity contribution in [1.29, 1.82) is 0 Å². The van der Waals surface area contributed by atoms with Gasteiger partial charge in [-0.15, -0.1) is 24.0 Å². The van der Waals surface area contributed by atoms with E-state index in [2.05, 4.69) is 26.3 Å². The molecule has 0 aliphatic rings. The largest absolute Gasteiger partial charge is 0.357 e. The Morgan fingerprint density at radius 2 is 1.70 bits per heavy atom. The SMILES string of the molecule is CCNC(=NCC(=O)NC(C)(C)C)NCCNC(=O)c1ccccc1Cl.I. The Morgan fingerprint density at radius 3 is 2.30 bits per heavy atom. The van der Waals surface area contributed by atoms with Crippen LogP contribution in [0.25, 0.3) is 0 Å². The lowest BCUT2D eigenvalue weighted by atomic mass is 10.1. The summed E-state index contributed by atoms with van der Waals surface area (Å²) in [7, 11) is 0. The van der Waals surface area contributed by atoms with Gasteiger partial charge in [-0.2, -0.15) is 0 Å². The van der Waals surface area contributed by atoms with Gasteiger partial charge in [0.05, 0.1) is 10.6 Å². The maximum Gasteiger partial charge on any atom is 0.252 e. The molecule has 0 fully saturated rings. The molecule has 1 aromatic carbocycles. The molecule has 9 heteroatoms. The molecule has 0 bridgehead atoms. The molecule has 0 aliphatic heterocycles. The number of nitrogens with one attached hydrogen (secondary N) is 4. The molecular formula is C18H29ClIN5O2. The minimum Gasteiger partial charge on any atom is -0.357 e. The number of aliphatic imine (C=N–C) groups is 1. The molecule has 0 radical (unpaired) electrons. The monoisotopic (exact) mass is 509 g/mol. The molecule has 0 spiro atoms. The second kappa shape index (κ2) is 12.8. The zero-order valence-corrected chi connectivity index (χ0v) is 19.3. The zero-order chi connectivity index (χ0) is 19.6. The summed E-state index contributed by atoms with van der Waals surface area (Å²) in [5.41, 5.74) is 0.148. The van der Waals surface area contributed by atoms with Gasteiger partial charge in [-0.1, -0.05) is 23.7 Å². The Balaban J connectivity index is 0.00000676. The molecule has 2 amide bonds. The van der Waals surface area contributed by atoms with E-state index in [1.165, 1.54) is 0 Å². The average molecular weight is 510 g/mol. The van der Waals surface area contributed by atoms with Crippen LogP contribution in [-0.2, 0) is 4.79 Å². The highest BCUT2D eigenvalue weighted by Crippen LogP contribution is 2.14. The Kier molecular flexibility index (Phi) is 12.0. The van der Waals surface area contributed by atoms with Gasteiger partial charge in [0.25, 0.3) is 5.91 Å². The minimum atomic E-state index is -0.290. The Morgan fingerprint density at radius 1 is 1.07 bits per heavy atom. The van der Waals surface area contributed by atoms with Gasteiger partial charge in [0.2, 0.25) is 5.91 Å². The highest BCUT2D eigenvalue weighted by Gasteiger charge is 2.13. The summed E-state index contributed by atoms with van der Waals surface area (Å²) in [6, 6.07) is 6.88. The predicted octanol–water partition coefficient (Wildman–Crippen LogP) is 2.16. The topological polar surface area (TPSA) is 94.6 Å². The van der Waals surface area contributed by atoms with E-state index in [0.717, 1.165) is 0 Å². The van der Waals surface area contributed by atoms with Crippen molar-refractivity contribution in [1.82, 2.24) is 21.3 Å². The molecule has 0 saturated carbocycles. The van der Waals surface area contributed by atoms with Crippen LogP contribution in [0.4, 0.5) is 0 Å². The second-order valence-electron chi connectivity index (χ2n) is 6.66. The van der Waals surface area contributed by atoms with Crippen LogP contribution in [-0.4, -0.2) is 49.5 Å². The first-order valence-corrected chi connectivity index (χ1v) is 8.96. The second-order valence-corrected chi connectivity index (χ2v) is 7.06. The maximum absolute atomic E-state index is 12.1. The van der Waals surface area contributed by atoms with Crippen molar-refractivity contribution in [3.8, 4) is 0 Å². The molecule has 7 nitrogen and oxygen atoms in total. The number of rotatable bonds is 7. The lowest BCUT2D eigenvalue weighted by Crippen LogP contribution is -2.44. The molecule has 4 N–H and O–H groups in total. The number of amides is 2. The molecular weight excluding hydrogens is 481 g/mol. The summed E-state index contributed by atoms with van der Waals surface area (Å²) < 4.78 is 0. The summed E-state index contributed by atoms with van der Waals surface area (Å²) in [5.74, 6) is 0.133. The number of hydrogen-bond acceptors (Lipinski definition) is 3. The van der Waals surface area contributed by atoms with Crippen molar-refractivity contribution >= 4 is 53.4 Å². The van der Waals surface area contributed by atoms with E-state index in [4.69, 9.17) is 11.6 Å². The van der Waals surface area contributed by atoms with Gasteiger partial charge in [-0.25, -0.2) is 4.99 Å². The highest BCUT2D eigenvalue weighted by atomic mass is 127. The first-order chi connectivity index (χ1) is 12.2. The third-order valence-electron chi connectivity index (χ3n) is 3.06. The molecule has 0 atom stereocenters. The molecule has 152 valence electrons. The fourth-order valence-electron chi connectivity index (χ4n) is 2.05. The molecule has 0 heterocycles. The van der Waals surface area contributed by atoms with Gasteiger partial charge < -0.3 is 21.3 Å². The minimum absolute atomic E-state index is 0. The summed E-state index contributed by atoms with van der Waals surface area (Å²) in [6.45, 7) is 9.23. The Labute approximate surface area is 183 Å². The van der Waals surface area contributed by atoms with Crippen molar-refractivity contribution in [2.75, 3.05) is 26.2 Å². The molecule has 0 saturated heterocycles. The normalized spacial score (nSPS) is 11.2. The first-order valence-electron chi connectivity index (χ1n) is 8.59. The smallest absolute Gasteiger partial charge is 0.252 e. The third kappa shape index (κ3) is 11.0. The number of nitrogens with zero attached hydrogens (tertiary/aromatic N) is 1. The predicted molar refractivity (Wildman–Crippen MR) is 121 cm³/mol. The third-order valence-corrected chi connectivity index (χ3v) is 3.39. The van der Waals surface area contributed by atoms with Crippen molar-refractivity contribution in [3.63, 3.8) is 0 Å². The van der Waals surface area contributed by atoms with E-state index < -0.39 is 0 Å². The van der Waals surface area contributed by atoms with Crippen LogP contribution in [0, 0.1) is 0 Å². The molecule has 0 aliphatic carbocycles. The van der Waals surface area contributed by atoms with Crippen LogP contribution < -0.4 is 21.3 Å². The van der Waals surface area contributed by atoms with Crippen molar-refractivity contribution in [3.05, 3.63) is 34.9 Å². The van der Waals surface area contributed by atoms with Crippen molar-refractivity contribution in [2.45, 2.75) is 33.2 Å². The zero-order valence-electron chi connectivity index (χ0n) is 16.2. The van der Waals surface area contributed by atoms with Crippen LogP contribution in [0.5, 0.6) is 0 Å². The van der Waals surface area contributed by atoms with Crippen LogP contribution >= 0.6 is 35.6 Å². The maximum atomic E-state index is 12.1. The van der Waals surface area contributed by atoms with Crippen LogP contribution in [0.15, 0.2) is 29.3 Å². The number of carbonyl (C=O) groups is 2. The van der Waals surface area contributed by atoms with Gasteiger partial charge in [0.15, 0.2) is 5.96 Å². The quantitative estimate of drug-likeness (QED) is 0.196. The van der Waals surface area contributed by atoms with Gasteiger partial charge >= 0.3 is 0 Å². The number of carbonyl (C=O) groups excluding carboxylic acids is 2. The molecule has 0 unspecified atom stereocenters. The van der Waals surface area contributed by atoms with E-state index >= 15 is 0 Å². The van der Waals surface area contributed by atoms with Crippen LogP contribution in [0.1, 0.15) is 38.1 Å². The van der Waals surface area contributed by atoms with Gasteiger partial charge in [-0.05, 0) is 39.8 Å². The molecule has 0 aromatic heterocycles. The van der Waals surface area contributed by atoms with E-state index in [1.54, 1.807) is 24.3 Å². The number of benzene rings is 1. The average Bonchev–Trinajstić information content (AvgIpc) is 2.55. The standard InChI is InChI=1S/C18H28ClN5O2.HI/c1-5-20-17(23-12-15(25)24-18(2,3)4)22-11-10-21-16(26)13-8-6-7-9-14(13)19;/h6-9H,5,10-12H2,1-4H3,(H,21,26)(H,24,25)(H2,20,22,23);1H. The summed E-state index contributed by atoms with van der Waals surface area (Å²) in [5, 5.41) is 12.2. The number of halogens is 2. The lowest BCUT2D eigenvalue weighted by molar-refractivity contribution is -0.121. The van der Waals surface area contributed by atoms with Crippen LogP contribution in [0.3, 0.4) is 0 Å². The van der Waals surface area contributed by atoms with Crippen LogP contribution in [0.2, 0.25) is 5.02 Å². The number of guanidine groups is 1. The van der Waals surface area contributed by atoms with Gasteiger partial charge in [0.1, 0.15) is 6.54 Å². The van der Waals surface area contributed by atoms with E-state index in [9.17, 15) is 9.59 Å². The van der Waals surface area contributed by atoms with E-state index in [1.807, 2.05) is 27.7 Å². The van der Waals surface area contributed by atoms with E-state index in [-0.39, 0.29) is 47.9 Å². The first kappa shape index (κ1) is 25.4. The summed E-state index contributed by atoms with van der Waals surface area (Å²) in [4.78, 5) is 28.1. The molecule has 27 heavy (non-hydrogen) atoms. The molecule has 1 aromatic rings. The lowest BCUT2D eigenvalue weighted by Gasteiger charge is -2.20. The van der Waals surface area contributed by atoms with Gasteiger partial charge in [-0.3, -0.25) is 9.59 Å². The number of hydrogen-bond donors (Lipinski definition) is 4. The van der Waals surface area contributed by atoms with Crippen molar-refractivity contribution < 1.29 is 9.59 Å². The summed E-state index contributed by atoms with van der Waals surface area (Å²) in [6.07, 6.45) is 0. The van der Waals surface area contributed by atoms with Gasteiger partial charge in [0, 0.05) is 25.2 Å².